The van der Waals surface area contributed by atoms with Gasteiger partial charge in [-0.2, -0.15) is 0 Å². The zero-order valence-electron chi connectivity index (χ0n) is 37.3. The molecule has 6 amide bonds. The van der Waals surface area contributed by atoms with Gasteiger partial charge in [0, 0.05) is 43.0 Å². The molecule has 3 aromatic rings. The highest BCUT2D eigenvalue weighted by atomic mass is 16.4. The van der Waals surface area contributed by atoms with Crippen LogP contribution < -0.4 is 60.6 Å². The van der Waals surface area contributed by atoms with Gasteiger partial charge in [0.05, 0.1) is 19.6 Å². The number of hydrogen-bond acceptors (Lipinski definition) is 14. The fraction of sp³-hybridized carbons (Fsp3) is 0.429. The van der Waals surface area contributed by atoms with E-state index in [0.717, 1.165) is 0 Å². The normalized spacial score (nSPS) is 14.0. The summed E-state index contributed by atoms with van der Waals surface area (Å²) in [6.07, 6.45) is -0.211. The second-order valence-electron chi connectivity index (χ2n) is 15.6. The first-order chi connectivity index (χ1) is 32.7. The van der Waals surface area contributed by atoms with Crippen LogP contribution in [0.1, 0.15) is 43.2 Å². The highest BCUT2D eigenvalue weighted by Crippen LogP contribution is 2.20. The number of carbonyl (C=O) groups is 8. The maximum atomic E-state index is 14.2. The van der Waals surface area contributed by atoms with Gasteiger partial charge in [-0.25, -0.2) is 4.79 Å². The van der Waals surface area contributed by atoms with E-state index < -0.39 is 109 Å². The zero-order chi connectivity index (χ0) is 51.2. The molecular formula is C42H60N14O13. The van der Waals surface area contributed by atoms with Gasteiger partial charge in [-0.1, -0.05) is 30.3 Å². The van der Waals surface area contributed by atoms with Gasteiger partial charge in [0.15, 0.2) is 11.9 Å². The van der Waals surface area contributed by atoms with Crippen LogP contribution >= 0.6 is 0 Å². The third kappa shape index (κ3) is 18.6. The maximum absolute atomic E-state index is 14.2. The molecule has 0 aliphatic carbocycles. The third-order valence-corrected chi connectivity index (χ3v) is 10.2. The van der Waals surface area contributed by atoms with Gasteiger partial charge in [-0.15, -0.1) is 0 Å². The number of fused-ring (bicyclic) bond motifs is 1. The number of aliphatic carboxylic acids is 2. The van der Waals surface area contributed by atoms with Crippen LogP contribution in [0.3, 0.4) is 0 Å². The van der Waals surface area contributed by atoms with Crippen molar-refractivity contribution in [2.24, 2.45) is 38.7 Å². The number of phenolic OH excluding ortho intramolecular Hbond substituents is 1. The number of carboxylic acid groups (broad SMARTS) is 2. The van der Waals surface area contributed by atoms with E-state index >= 15 is 0 Å². The summed E-state index contributed by atoms with van der Waals surface area (Å²) in [4.78, 5) is 117. The van der Waals surface area contributed by atoms with Crippen LogP contribution in [0.5, 0.6) is 5.75 Å². The minimum atomic E-state index is -1.95. The number of aromatic hydroxyl groups is 1. The standard InChI is InChI=1S/C42H60N14O13/c43-25(19-57)34(62)56-32(20-58)39(67)54-30(16-22-18-50-26-6-2-1-5-24(22)26)37(65)55-31(17-33(60)61)38(66)53-29(15-21-9-11-23(59)12-10-21)36(64)51-27(7-3-13-48-41(44)45)35(63)52-28(40(68)69)8-4-14-49-42(46)47/h1-2,5-6,9-12,18,25,27-32,50,57-59H,3-4,7-8,13-17,19-20,43H2,(H,51,64)(H,52,63)(H,53,66)(H,54,67)(H,55,65)(H,56,62)(H,60,61)(H,68,69)(H4,44,45,48)(H4,46,47,49)/t25-,27-,28-,29-,30-,31-,32-/m0/s1. The molecule has 27 nitrogen and oxygen atoms in total. The van der Waals surface area contributed by atoms with Crippen LogP contribution in [0.2, 0.25) is 0 Å². The van der Waals surface area contributed by atoms with Gasteiger partial charge in [-0.3, -0.25) is 43.5 Å². The van der Waals surface area contributed by atoms with Gasteiger partial charge in [0.2, 0.25) is 35.4 Å². The second-order valence-corrected chi connectivity index (χ2v) is 15.6. The average Bonchev–Trinajstić information content (AvgIpc) is 3.71. The van der Waals surface area contributed by atoms with Crippen LogP contribution in [-0.2, 0) is 51.2 Å². The fourth-order valence-corrected chi connectivity index (χ4v) is 6.64. The Labute approximate surface area is 394 Å². The summed E-state index contributed by atoms with van der Waals surface area (Å²) >= 11 is 0. The topological polar surface area (TPSA) is 480 Å². The first-order valence-corrected chi connectivity index (χ1v) is 21.4. The molecule has 0 aliphatic rings. The van der Waals surface area contributed by atoms with Gasteiger partial charge in [-0.05, 0) is 55.0 Å². The van der Waals surface area contributed by atoms with E-state index in [1.807, 2.05) is 0 Å². The predicted octanol–water partition coefficient (Wildman–Crippen LogP) is -5.45. The number of aromatic nitrogens is 1. The lowest BCUT2D eigenvalue weighted by molar-refractivity contribution is -0.142. The molecule has 0 saturated heterocycles. The Morgan fingerprint density at radius 1 is 0.580 bits per heavy atom. The first kappa shape index (κ1) is 55.3. The van der Waals surface area contributed by atoms with E-state index in [-0.39, 0.29) is 69.3 Å². The molecule has 0 bridgehead atoms. The number of phenols is 1. The predicted molar refractivity (Wildman–Crippen MR) is 247 cm³/mol. The Kier molecular flexibility index (Phi) is 22.1. The van der Waals surface area contributed by atoms with E-state index in [0.29, 0.717) is 22.0 Å². The van der Waals surface area contributed by atoms with E-state index in [1.165, 1.54) is 24.3 Å². The molecular weight excluding hydrogens is 909 g/mol. The highest BCUT2D eigenvalue weighted by molar-refractivity contribution is 5.98. The van der Waals surface area contributed by atoms with Crippen molar-refractivity contribution in [1.82, 2.24) is 36.9 Å². The molecule has 22 N–H and O–H groups in total. The maximum Gasteiger partial charge on any atom is 0.326 e. The Morgan fingerprint density at radius 3 is 1.61 bits per heavy atom. The molecule has 376 valence electrons. The number of aliphatic imine (C=N–C) groups is 2. The Morgan fingerprint density at radius 2 is 1.06 bits per heavy atom. The molecule has 2 aromatic carbocycles. The van der Waals surface area contributed by atoms with Crippen molar-refractivity contribution in [1.29, 1.82) is 0 Å². The molecule has 3 rings (SSSR count). The van der Waals surface area contributed by atoms with E-state index in [9.17, 15) is 63.9 Å². The zero-order valence-corrected chi connectivity index (χ0v) is 37.3. The number of benzene rings is 2. The minimum absolute atomic E-state index is 0.0119. The van der Waals surface area contributed by atoms with Crippen molar-refractivity contribution in [3.8, 4) is 5.75 Å². The number of aromatic amines is 1. The molecule has 1 aromatic heterocycles. The summed E-state index contributed by atoms with van der Waals surface area (Å²) in [5.41, 5.74) is 28.5. The van der Waals surface area contributed by atoms with Gasteiger partial charge >= 0.3 is 11.9 Å². The number of hydrogen-bond donors (Lipinski definition) is 17. The first-order valence-electron chi connectivity index (χ1n) is 21.4. The monoisotopic (exact) mass is 968 g/mol. The van der Waals surface area contributed by atoms with Crippen molar-refractivity contribution in [2.75, 3.05) is 26.3 Å². The van der Waals surface area contributed by atoms with Crippen molar-refractivity contribution in [2.45, 2.75) is 87.2 Å². The number of amides is 6. The summed E-state index contributed by atoms with van der Waals surface area (Å²) in [6, 6.07) is 1.01. The number of H-pyrrole nitrogens is 1. The van der Waals surface area contributed by atoms with Crippen LogP contribution in [0.15, 0.2) is 64.7 Å². The van der Waals surface area contributed by atoms with Crippen LogP contribution in [-0.4, -0.2) is 158 Å². The smallest absolute Gasteiger partial charge is 0.326 e. The number of carbonyl (C=O) groups excluding carboxylic acids is 6. The summed E-state index contributed by atoms with van der Waals surface area (Å²) in [7, 11) is 0. The largest absolute Gasteiger partial charge is 0.508 e. The molecule has 27 heteroatoms. The lowest BCUT2D eigenvalue weighted by atomic mass is 10.0. The van der Waals surface area contributed by atoms with E-state index in [2.05, 4.69) is 46.9 Å². The van der Waals surface area contributed by atoms with Crippen LogP contribution in [0, 0.1) is 0 Å². The minimum Gasteiger partial charge on any atom is -0.508 e. The van der Waals surface area contributed by atoms with Gasteiger partial charge in [0.25, 0.3) is 0 Å². The molecule has 0 saturated carbocycles. The average molecular weight is 969 g/mol. The van der Waals surface area contributed by atoms with Crippen molar-refractivity contribution in [3.05, 3.63) is 65.9 Å². The number of nitrogens with zero attached hydrogens (tertiary/aromatic N) is 2. The quantitative estimate of drug-likeness (QED) is 0.0175. The van der Waals surface area contributed by atoms with Crippen molar-refractivity contribution >= 4 is 70.2 Å². The number of carboxylic acids is 2. The number of aliphatic hydroxyl groups is 2. The molecule has 0 unspecified atom stereocenters. The molecule has 1 heterocycles. The number of guanidine groups is 2. The Balaban J connectivity index is 1.98. The third-order valence-electron chi connectivity index (χ3n) is 10.2. The number of para-hydroxylation sites is 1. The summed E-state index contributed by atoms with van der Waals surface area (Å²) in [5.74, 6) is -10.0. The Hall–Kier alpha value is -8.04. The molecule has 0 spiro atoms. The summed E-state index contributed by atoms with van der Waals surface area (Å²) in [5, 5.41) is 63.7. The molecule has 0 radical (unpaired) electrons. The van der Waals surface area contributed by atoms with Gasteiger partial charge < -0.3 is 91.1 Å². The van der Waals surface area contributed by atoms with Crippen molar-refractivity contribution in [3.63, 3.8) is 0 Å². The van der Waals surface area contributed by atoms with Crippen LogP contribution in [0.25, 0.3) is 10.9 Å². The Bertz CT molecular complexity index is 2320. The van der Waals surface area contributed by atoms with E-state index in [1.54, 1.807) is 30.5 Å². The number of nitrogens with one attached hydrogen (secondary N) is 7. The highest BCUT2D eigenvalue weighted by Gasteiger charge is 2.35. The molecule has 0 aliphatic heterocycles. The lowest BCUT2D eigenvalue weighted by Crippen LogP contribution is -2.61. The SMILES string of the molecule is NC(N)=NCCC[C@H](NC(=O)[C@H](CCCN=C(N)N)NC(=O)[C@H](Cc1ccc(O)cc1)NC(=O)[C@H](CC(=O)O)NC(=O)[C@H](Cc1c[nH]c2ccccc12)NC(=O)[C@H](CO)NC(=O)[C@@H](N)CO)C(=O)O. The molecule has 0 fully saturated rings. The van der Waals surface area contributed by atoms with Gasteiger partial charge in [0.1, 0.15) is 48.0 Å². The molecule has 69 heavy (non-hydrogen) atoms. The lowest BCUT2D eigenvalue weighted by Gasteiger charge is -2.27. The molecule has 7 atom stereocenters. The van der Waals surface area contributed by atoms with Crippen molar-refractivity contribution < 1.29 is 63.9 Å². The second kappa shape index (κ2) is 27.6. The summed E-state index contributed by atoms with van der Waals surface area (Å²) < 4.78 is 0. The van der Waals surface area contributed by atoms with E-state index in [4.69, 9.17) is 28.7 Å². The summed E-state index contributed by atoms with van der Waals surface area (Å²) in [6.45, 7) is -1.74. The fourth-order valence-electron chi connectivity index (χ4n) is 6.64. The van der Waals surface area contributed by atoms with Crippen LogP contribution in [0.4, 0.5) is 0 Å². The number of aliphatic hydroxyl groups excluding tert-OH is 2. The number of rotatable bonds is 29. The number of nitrogens with two attached hydrogens (primary N) is 5.